The number of anilines is 1. The van der Waals surface area contributed by atoms with Crippen molar-refractivity contribution >= 4 is 50.3 Å². The normalized spacial score (nSPS) is 12.6. The van der Waals surface area contributed by atoms with E-state index in [1.165, 1.54) is 0 Å². The van der Waals surface area contributed by atoms with Crippen molar-refractivity contribution in [2.24, 2.45) is 5.73 Å². The van der Waals surface area contributed by atoms with E-state index >= 15 is 0 Å². The van der Waals surface area contributed by atoms with Crippen LogP contribution < -0.4 is 16.7 Å². The molecule has 2 rings (SSSR count). The van der Waals surface area contributed by atoms with Crippen LogP contribution in [-0.2, 0) is 4.79 Å². The van der Waals surface area contributed by atoms with Gasteiger partial charge in [-0.05, 0) is 46.5 Å². The van der Waals surface area contributed by atoms with Gasteiger partial charge >= 0.3 is 5.69 Å². The zero-order valence-corrected chi connectivity index (χ0v) is 13.2. The zero-order valence-electron chi connectivity index (χ0n) is 10.8. The molecule has 0 bridgehead atoms. The second-order valence-corrected chi connectivity index (χ2v) is 6.17. The van der Waals surface area contributed by atoms with Gasteiger partial charge in [-0.3, -0.25) is 4.79 Å². The van der Waals surface area contributed by atoms with Crippen LogP contribution in [0.25, 0.3) is 11.0 Å². The summed E-state index contributed by atoms with van der Waals surface area (Å²) in [7, 11) is 0. The minimum absolute atomic E-state index is 0.239. The van der Waals surface area contributed by atoms with E-state index in [0.717, 1.165) is 5.75 Å². The maximum absolute atomic E-state index is 12.0. The summed E-state index contributed by atoms with van der Waals surface area (Å²) in [6, 6.07) is 2.88. The standard InChI is InChI=1S/C12H15BrN4O2S/c1-20-3-2-7(14)11(18)15-8-5-10-9(4-6(8)13)16-12(19)17-10/h4-5,7H,2-3,14H2,1H3,(H,15,18)(H2,16,17,19)/t7-/m1/s1. The fraction of sp³-hybridized carbons (Fsp3) is 0.333. The van der Waals surface area contributed by atoms with Gasteiger partial charge in [0.25, 0.3) is 0 Å². The van der Waals surface area contributed by atoms with Crippen molar-refractivity contribution < 1.29 is 4.79 Å². The molecule has 0 aliphatic carbocycles. The summed E-state index contributed by atoms with van der Waals surface area (Å²) >= 11 is 5.01. The lowest BCUT2D eigenvalue weighted by molar-refractivity contribution is -0.117. The van der Waals surface area contributed by atoms with E-state index < -0.39 is 6.04 Å². The summed E-state index contributed by atoms with van der Waals surface area (Å²) < 4.78 is 0.686. The van der Waals surface area contributed by atoms with Gasteiger partial charge in [-0.15, -0.1) is 0 Å². The van der Waals surface area contributed by atoms with E-state index in [1.54, 1.807) is 23.9 Å². The molecular formula is C12H15BrN4O2S. The molecule has 0 saturated carbocycles. The third-order valence-corrected chi connectivity index (χ3v) is 4.13. The Labute approximate surface area is 128 Å². The largest absolute Gasteiger partial charge is 0.324 e. The van der Waals surface area contributed by atoms with Crippen LogP contribution in [0.5, 0.6) is 0 Å². The van der Waals surface area contributed by atoms with E-state index in [0.29, 0.717) is 27.6 Å². The Morgan fingerprint density at radius 3 is 2.75 bits per heavy atom. The van der Waals surface area contributed by atoms with E-state index in [4.69, 9.17) is 5.73 Å². The Hall–Kier alpha value is -1.25. The molecular weight excluding hydrogens is 344 g/mol. The number of H-pyrrole nitrogens is 2. The molecule has 6 nitrogen and oxygen atoms in total. The third-order valence-electron chi connectivity index (χ3n) is 2.83. The van der Waals surface area contributed by atoms with Gasteiger partial charge in [0, 0.05) is 4.47 Å². The number of amides is 1. The Bertz CT molecular complexity index is 682. The van der Waals surface area contributed by atoms with Gasteiger partial charge in [0.1, 0.15) is 0 Å². The first-order chi connectivity index (χ1) is 9.51. The first-order valence-corrected chi connectivity index (χ1v) is 8.17. The first kappa shape index (κ1) is 15.1. The highest BCUT2D eigenvalue weighted by molar-refractivity contribution is 9.10. The first-order valence-electron chi connectivity index (χ1n) is 5.98. The Morgan fingerprint density at radius 2 is 2.10 bits per heavy atom. The van der Waals surface area contributed by atoms with Crippen LogP contribution >= 0.6 is 27.7 Å². The molecule has 5 N–H and O–H groups in total. The second-order valence-electron chi connectivity index (χ2n) is 4.33. The van der Waals surface area contributed by atoms with Crippen LogP contribution in [-0.4, -0.2) is 33.9 Å². The Morgan fingerprint density at radius 1 is 1.45 bits per heavy atom. The molecule has 8 heteroatoms. The Balaban J connectivity index is 2.18. The molecule has 20 heavy (non-hydrogen) atoms. The van der Waals surface area contributed by atoms with E-state index in [2.05, 4.69) is 31.2 Å². The molecule has 0 aliphatic rings. The highest BCUT2D eigenvalue weighted by atomic mass is 79.9. The van der Waals surface area contributed by atoms with Crippen LogP contribution in [0.1, 0.15) is 6.42 Å². The summed E-state index contributed by atoms with van der Waals surface area (Å²) in [5, 5.41) is 2.76. The average molecular weight is 359 g/mol. The van der Waals surface area contributed by atoms with Crippen molar-refractivity contribution in [3.8, 4) is 0 Å². The average Bonchev–Trinajstić information content (AvgIpc) is 2.75. The number of hydrogen-bond donors (Lipinski definition) is 4. The number of fused-ring (bicyclic) bond motifs is 1. The summed E-state index contributed by atoms with van der Waals surface area (Å²) in [6.07, 6.45) is 2.59. The number of halogens is 1. The number of hydrogen-bond acceptors (Lipinski definition) is 4. The number of nitrogens with two attached hydrogens (primary N) is 1. The minimum atomic E-state index is -0.546. The molecule has 1 atom stereocenters. The molecule has 1 aromatic carbocycles. The minimum Gasteiger partial charge on any atom is -0.324 e. The van der Waals surface area contributed by atoms with Gasteiger partial charge in [0.15, 0.2) is 0 Å². The van der Waals surface area contributed by atoms with Crippen molar-refractivity contribution in [1.29, 1.82) is 0 Å². The number of thioether (sulfide) groups is 1. The number of rotatable bonds is 5. The maximum Gasteiger partial charge on any atom is 0.323 e. The van der Waals surface area contributed by atoms with Gasteiger partial charge in [0.2, 0.25) is 5.91 Å². The second kappa shape index (κ2) is 6.47. The van der Waals surface area contributed by atoms with Gasteiger partial charge in [0.05, 0.1) is 22.8 Å². The number of imidazole rings is 1. The van der Waals surface area contributed by atoms with E-state index in [1.807, 2.05) is 6.26 Å². The van der Waals surface area contributed by atoms with E-state index in [-0.39, 0.29) is 11.6 Å². The highest BCUT2D eigenvalue weighted by Gasteiger charge is 2.15. The van der Waals surface area contributed by atoms with Gasteiger partial charge in [-0.25, -0.2) is 4.79 Å². The van der Waals surface area contributed by atoms with Crippen molar-refractivity contribution in [2.45, 2.75) is 12.5 Å². The van der Waals surface area contributed by atoms with E-state index in [9.17, 15) is 9.59 Å². The summed E-state index contributed by atoms with van der Waals surface area (Å²) in [5.41, 5.74) is 7.41. The van der Waals surface area contributed by atoms with Crippen LogP contribution in [0.3, 0.4) is 0 Å². The van der Waals surface area contributed by atoms with Gasteiger partial charge in [-0.1, -0.05) is 0 Å². The van der Waals surface area contributed by atoms with Gasteiger partial charge in [-0.2, -0.15) is 11.8 Å². The van der Waals surface area contributed by atoms with Crippen molar-refractivity contribution in [3.63, 3.8) is 0 Å². The number of carbonyl (C=O) groups is 1. The third kappa shape index (κ3) is 3.44. The summed E-state index contributed by atoms with van der Waals surface area (Å²) in [6.45, 7) is 0. The smallest absolute Gasteiger partial charge is 0.323 e. The topological polar surface area (TPSA) is 104 Å². The lowest BCUT2D eigenvalue weighted by atomic mass is 10.2. The summed E-state index contributed by atoms with van der Waals surface area (Å²) in [4.78, 5) is 28.5. The molecule has 0 spiro atoms. The Kier molecular flexibility index (Phi) is 4.90. The van der Waals surface area contributed by atoms with Crippen molar-refractivity contribution in [2.75, 3.05) is 17.3 Å². The molecule has 0 unspecified atom stereocenters. The predicted molar refractivity (Wildman–Crippen MR) is 86.2 cm³/mol. The zero-order chi connectivity index (χ0) is 14.7. The molecule has 0 radical (unpaired) electrons. The summed E-state index contributed by atoms with van der Waals surface area (Å²) in [5.74, 6) is 0.594. The lowest BCUT2D eigenvalue weighted by Gasteiger charge is -2.12. The number of carbonyl (C=O) groups excluding carboxylic acids is 1. The molecule has 0 aliphatic heterocycles. The fourth-order valence-electron chi connectivity index (χ4n) is 1.75. The molecule has 1 aromatic heterocycles. The van der Waals surface area contributed by atoms with Crippen LogP contribution in [0.4, 0.5) is 5.69 Å². The number of aromatic amines is 2. The SMILES string of the molecule is CSCC[C@@H](N)C(=O)Nc1cc2[nH]c(=O)[nH]c2cc1Br. The number of aromatic nitrogens is 2. The van der Waals surface area contributed by atoms with Crippen molar-refractivity contribution in [1.82, 2.24) is 9.97 Å². The van der Waals surface area contributed by atoms with Crippen LogP contribution in [0, 0.1) is 0 Å². The maximum atomic E-state index is 12.0. The quantitative estimate of drug-likeness (QED) is 0.652. The number of benzene rings is 1. The molecule has 0 fully saturated rings. The van der Waals surface area contributed by atoms with Crippen LogP contribution in [0.15, 0.2) is 21.4 Å². The molecule has 1 heterocycles. The molecule has 1 amide bonds. The highest BCUT2D eigenvalue weighted by Crippen LogP contribution is 2.26. The van der Waals surface area contributed by atoms with Crippen LogP contribution in [0.2, 0.25) is 0 Å². The molecule has 0 saturated heterocycles. The van der Waals surface area contributed by atoms with Crippen molar-refractivity contribution in [3.05, 3.63) is 27.1 Å². The fourth-order valence-corrected chi connectivity index (χ4v) is 2.69. The molecule has 108 valence electrons. The number of nitrogens with one attached hydrogen (secondary N) is 3. The lowest BCUT2D eigenvalue weighted by Crippen LogP contribution is -2.36. The monoisotopic (exact) mass is 358 g/mol. The predicted octanol–water partition coefficient (Wildman–Crippen LogP) is 1.64. The van der Waals surface area contributed by atoms with Gasteiger partial charge < -0.3 is 21.0 Å². The molecule has 2 aromatic rings.